The smallest absolute Gasteiger partial charge is 0.234 e. The number of aromatic nitrogens is 3. The molecule has 0 aliphatic rings. The molecule has 0 aliphatic carbocycles. The van der Waals surface area contributed by atoms with Gasteiger partial charge in [-0.2, -0.15) is 0 Å². The summed E-state index contributed by atoms with van der Waals surface area (Å²) in [5.74, 6) is 0.459. The maximum absolute atomic E-state index is 12.4. The van der Waals surface area contributed by atoms with Crippen LogP contribution in [0, 0.1) is 20.8 Å². The number of hydrogen-bond donors (Lipinski definition) is 2. The van der Waals surface area contributed by atoms with E-state index in [0.29, 0.717) is 11.0 Å². The topological polar surface area (TPSA) is 88.9 Å². The molecule has 156 valence electrons. The molecular weight excluding hydrogens is 398 g/mol. The average Bonchev–Trinajstić information content (AvgIpc) is 3.04. The Hall–Kier alpha value is -3.13. The number of hydrogen-bond acceptors (Lipinski definition) is 5. The van der Waals surface area contributed by atoms with Crippen molar-refractivity contribution in [2.45, 2.75) is 32.3 Å². The fourth-order valence-electron chi connectivity index (χ4n) is 2.82. The number of para-hydroxylation sites is 1. The first-order chi connectivity index (χ1) is 14.3. The lowest BCUT2D eigenvalue weighted by Crippen LogP contribution is -2.17. The first-order valence-corrected chi connectivity index (χ1v) is 10.6. The van der Waals surface area contributed by atoms with Crippen LogP contribution in [0.15, 0.2) is 47.6 Å². The van der Waals surface area contributed by atoms with Gasteiger partial charge in [-0.05, 0) is 55.7 Å². The summed E-state index contributed by atoms with van der Waals surface area (Å²) in [7, 11) is 1.79. The summed E-state index contributed by atoms with van der Waals surface area (Å²) in [6.07, 6.45) is 0.104. The van der Waals surface area contributed by atoms with Gasteiger partial charge in [-0.1, -0.05) is 36.0 Å². The molecule has 2 aromatic carbocycles. The van der Waals surface area contributed by atoms with Gasteiger partial charge in [0.2, 0.25) is 11.8 Å². The van der Waals surface area contributed by atoms with Gasteiger partial charge in [0.1, 0.15) is 5.82 Å². The quantitative estimate of drug-likeness (QED) is 0.566. The molecule has 0 atom stereocenters. The summed E-state index contributed by atoms with van der Waals surface area (Å²) in [5, 5.41) is 14.6. The Morgan fingerprint density at radius 3 is 2.43 bits per heavy atom. The molecule has 0 unspecified atom stereocenters. The number of carbonyl (C=O) groups excluding carboxylic acids is 2. The largest absolute Gasteiger partial charge is 0.325 e. The predicted octanol–water partition coefficient (Wildman–Crippen LogP) is 3.65. The lowest BCUT2D eigenvalue weighted by Gasteiger charge is -2.08. The molecule has 3 rings (SSSR count). The zero-order valence-electron chi connectivity index (χ0n) is 17.5. The fraction of sp³-hybridized carbons (Fsp3) is 0.273. The Balaban J connectivity index is 1.54. The van der Waals surface area contributed by atoms with Crippen molar-refractivity contribution in [2.75, 3.05) is 16.4 Å². The van der Waals surface area contributed by atoms with Crippen LogP contribution in [0.3, 0.4) is 0 Å². The molecule has 0 fully saturated rings. The van der Waals surface area contributed by atoms with Gasteiger partial charge in [-0.25, -0.2) is 0 Å². The number of aryl methyl sites for hydroxylation is 3. The van der Waals surface area contributed by atoms with Gasteiger partial charge in [0, 0.05) is 18.4 Å². The molecule has 1 heterocycles. The van der Waals surface area contributed by atoms with E-state index in [0.717, 1.165) is 22.5 Å². The SMILES string of the molecule is Cc1ccc(NC(=O)CSc2nnc(CC(=O)Nc3ccccc3C)n2C)cc1C. The maximum Gasteiger partial charge on any atom is 0.234 e. The van der Waals surface area contributed by atoms with Crippen LogP contribution in [0.4, 0.5) is 11.4 Å². The second-order valence-electron chi connectivity index (χ2n) is 7.13. The van der Waals surface area contributed by atoms with E-state index < -0.39 is 0 Å². The van der Waals surface area contributed by atoms with E-state index in [1.165, 1.54) is 17.3 Å². The van der Waals surface area contributed by atoms with Crippen molar-refractivity contribution in [1.82, 2.24) is 14.8 Å². The molecule has 0 spiro atoms. The Labute approximate surface area is 180 Å². The van der Waals surface area contributed by atoms with E-state index in [4.69, 9.17) is 0 Å². The van der Waals surface area contributed by atoms with E-state index in [9.17, 15) is 9.59 Å². The van der Waals surface area contributed by atoms with Crippen LogP contribution in [0.2, 0.25) is 0 Å². The molecule has 0 bridgehead atoms. The third kappa shape index (κ3) is 5.48. The van der Waals surface area contributed by atoms with Crippen LogP contribution in [-0.4, -0.2) is 32.3 Å². The maximum atomic E-state index is 12.4. The van der Waals surface area contributed by atoms with Crippen molar-refractivity contribution in [3.8, 4) is 0 Å². The minimum Gasteiger partial charge on any atom is -0.325 e. The molecular formula is C22H25N5O2S. The highest BCUT2D eigenvalue weighted by Crippen LogP contribution is 2.19. The Bertz CT molecular complexity index is 1080. The highest BCUT2D eigenvalue weighted by atomic mass is 32.2. The molecule has 3 aromatic rings. The van der Waals surface area contributed by atoms with Crippen LogP contribution >= 0.6 is 11.8 Å². The van der Waals surface area contributed by atoms with Crippen molar-refractivity contribution >= 4 is 35.0 Å². The highest BCUT2D eigenvalue weighted by Gasteiger charge is 2.15. The van der Waals surface area contributed by atoms with Crippen LogP contribution < -0.4 is 10.6 Å². The van der Waals surface area contributed by atoms with Gasteiger partial charge < -0.3 is 15.2 Å². The summed E-state index contributed by atoms with van der Waals surface area (Å²) in [5.41, 5.74) is 4.86. The molecule has 0 saturated heterocycles. The number of thioether (sulfide) groups is 1. The summed E-state index contributed by atoms with van der Waals surface area (Å²) < 4.78 is 1.74. The van der Waals surface area contributed by atoms with E-state index in [1.807, 2.05) is 63.2 Å². The highest BCUT2D eigenvalue weighted by molar-refractivity contribution is 7.99. The van der Waals surface area contributed by atoms with E-state index in [1.54, 1.807) is 11.6 Å². The molecule has 8 heteroatoms. The van der Waals surface area contributed by atoms with Gasteiger partial charge in [-0.15, -0.1) is 10.2 Å². The standard InChI is InChI=1S/C22H25N5O2S/c1-14-9-10-17(11-16(14)3)23-21(29)13-30-22-26-25-19(27(22)4)12-20(28)24-18-8-6-5-7-15(18)2/h5-11H,12-13H2,1-4H3,(H,23,29)(H,24,28). The van der Waals surface area contributed by atoms with Crippen molar-refractivity contribution < 1.29 is 9.59 Å². The zero-order valence-corrected chi connectivity index (χ0v) is 18.3. The lowest BCUT2D eigenvalue weighted by molar-refractivity contribution is -0.116. The van der Waals surface area contributed by atoms with Crippen LogP contribution in [-0.2, 0) is 23.1 Å². The first kappa shape index (κ1) is 21.6. The Morgan fingerprint density at radius 1 is 0.933 bits per heavy atom. The average molecular weight is 424 g/mol. The molecule has 2 N–H and O–H groups in total. The van der Waals surface area contributed by atoms with Gasteiger partial charge in [0.15, 0.2) is 5.16 Å². The summed E-state index contributed by atoms with van der Waals surface area (Å²) >= 11 is 1.28. The third-order valence-corrected chi connectivity index (χ3v) is 5.81. The number of nitrogens with one attached hydrogen (secondary N) is 2. The zero-order chi connectivity index (χ0) is 21.7. The van der Waals surface area contributed by atoms with Crippen molar-refractivity contribution in [3.63, 3.8) is 0 Å². The molecule has 1 aromatic heterocycles. The number of benzene rings is 2. The summed E-state index contributed by atoms with van der Waals surface area (Å²) in [4.78, 5) is 24.6. The molecule has 2 amide bonds. The minimum atomic E-state index is -0.163. The lowest BCUT2D eigenvalue weighted by atomic mass is 10.1. The monoisotopic (exact) mass is 423 g/mol. The van der Waals surface area contributed by atoms with Crippen LogP contribution in [0.1, 0.15) is 22.5 Å². The van der Waals surface area contributed by atoms with Crippen molar-refractivity contribution in [1.29, 1.82) is 0 Å². The second-order valence-corrected chi connectivity index (χ2v) is 8.08. The Kier molecular flexibility index (Phi) is 6.89. The molecule has 0 radical (unpaired) electrons. The summed E-state index contributed by atoms with van der Waals surface area (Å²) in [6, 6.07) is 13.4. The normalized spacial score (nSPS) is 10.7. The van der Waals surface area contributed by atoms with Crippen LogP contribution in [0.5, 0.6) is 0 Å². The molecule has 7 nitrogen and oxygen atoms in total. The summed E-state index contributed by atoms with van der Waals surface area (Å²) in [6.45, 7) is 5.98. The number of anilines is 2. The van der Waals surface area contributed by atoms with Gasteiger partial charge in [-0.3, -0.25) is 9.59 Å². The molecule has 0 saturated carbocycles. The third-order valence-electron chi connectivity index (χ3n) is 4.79. The van der Waals surface area contributed by atoms with Gasteiger partial charge in [0.05, 0.1) is 12.2 Å². The van der Waals surface area contributed by atoms with Gasteiger partial charge in [0.25, 0.3) is 0 Å². The molecule has 0 aliphatic heterocycles. The number of nitrogens with zero attached hydrogens (tertiary/aromatic N) is 3. The van der Waals surface area contributed by atoms with Crippen molar-refractivity contribution in [2.24, 2.45) is 7.05 Å². The number of carbonyl (C=O) groups is 2. The first-order valence-electron chi connectivity index (χ1n) is 9.57. The van der Waals surface area contributed by atoms with Crippen LogP contribution in [0.25, 0.3) is 0 Å². The molecule has 30 heavy (non-hydrogen) atoms. The predicted molar refractivity (Wildman–Crippen MR) is 120 cm³/mol. The second kappa shape index (κ2) is 9.58. The van der Waals surface area contributed by atoms with E-state index >= 15 is 0 Å². The van der Waals surface area contributed by atoms with Crippen molar-refractivity contribution in [3.05, 3.63) is 65.0 Å². The minimum absolute atomic E-state index is 0.104. The number of rotatable bonds is 7. The Morgan fingerprint density at radius 2 is 1.70 bits per heavy atom. The van der Waals surface area contributed by atoms with E-state index in [2.05, 4.69) is 20.8 Å². The van der Waals surface area contributed by atoms with Gasteiger partial charge >= 0.3 is 0 Å². The number of amides is 2. The fourth-order valence-corrected chi connectivity index (χ4v) is 3.55. The van der Waals surface area contributed by atoms with E-state index in [-0.39, 0.29) is 24.0 Å².